The van der Waals surface area contributed by atoms with Crippen LogP contribution in [0, 0.1) is 12.7 Å². The molecule has 0 aromatic heterocycles. The molecule has 7 heteroatoms. The van der Waals surface area contributed by atoms with Crippen LogP contribution in [-0.4, -0.2) is 28.2 Å². The summed E-state index contributed by atoms with van der Waals surface area (Å²) in [5.74, 6) is 0.901. The number of rotatable bonds is 8. The molecule has 2 aromatic rings. The van der Waals surface area contributed by atoms with Crippen molar-refractivity contribution in [3.05, 3.63) is 53.8 Å². The summed E-state index contributed by atoms with van der Waals surface area (Å²) >= 11 is 0. The van der Waals surface area contributed by atoms with E-state index in [4.69, 9.17) is 9.47 Å². The largest absolute Gasteiger partial charge is 0.494 e. The van der Waals surface area contributed by atoms with Gasteiger partial charge in [0.25, 0.3) is 0 Å². The van der Waals surface area contributed by atoms with Crippen molar-refractivity contribution in [3.8, 4) is 11.5 Å². The highest BCUT2D eigenvalue weighted by atomic mass is 32.2. The van der Waals surface area contributed by atoms with E-state index in [0.29, 0.717) is 17.9 Å². The van der Waals surface area contributed by atoms with Crippen molar-refractivity contribution >= 4 is 10.0 Å². The Labute approximate surface area is 141 Å². The number of hydrogen-bond acceptors (Lipinski definition) is 4. The minimum Gasteiger partial charge on any atom is -0.494 e. The van der Waals surface area contributed by atoms with Crippen molar-refractivity contribution in [2.75, 3.05) is 19.8 Å². The normalized spacial score (nSPS) is 11.3. The first-order chi connectivity index (χ1) is 11.4. The molecule has 0 saturated carbocycles. The van der Waals surface area contributed by atoms with Crippen molar-refractivity contribution in [1.29, 1.82) is 0 Å². The minimum atomic E-state index is -3.69. The lowest BCUT2D eigenvalue weighted by molar-refractivity contribution is 0.319. The van der Waals surface area contributed by atoms with Gasteiger partial charge in [0.05, 0.1) is 11.5 Å². The third-order valence-corrected chi connectivity index (χ3v) is 4.85. The van der Waals surface area contributed by atoms with Gasteiger partial charge >= 0.3 is 0 Å². The molecular weight excluding hydrogens is 333 g/mol. The van der Waals surface area contributed by atoms with Gasteiger partial charge in [0.2, 0.25) is 10.0 Å². The van der Waals surface area contributed by atoms with Crippen LogP contribution in [0.5, 0.6) is 11.5 Å². The fraction of sp³-hybridized carbons (Fsp3) is 0.294. The Hall–Kier alpha value is -2.12. The second-order valence-electron chi connectivity index (χ2n) is 5.06. The summed E-state index contributed by atoms with van der Waals surface area (Å²) in [4.78, 5) is 0.0602. The van der Waals surface area contributed by atoms with Crippen molar-refractivity contribution in [2.24, 2.45) is 0 Å². The van der Waals surface area contributed by atoms with E-state index in [2.05, 4.69) is 4.72 Å². The number of aryl methyl sites for hydroxylation is 1. The van der Waals surface area contributed by atoms with Crippen LogP contribution < -0.4 is 14.2 Å². The summed E-state index contributed by atoms with van der Waals surface area (Å²) in [5, 5.41) is 0. The summed E-state index contributed by atoms with van der Waals surface area (Å²) in [6, 6.07) is 10.6. The lowest BCUT2D eigenvalue weighted by Crippen LogP contribution is -2.28. The molecule has 2 aromatic carbocycles. The van der Waals surface area contributed by atoms with Crippen LogP contribution in [0.4, 0.5) is 4.39 Å². The summed E-state index contributed by atoms with van der Waals surface area (Å²) in [6.45, 7) is 4.32. The van der Waals surface area contributed by atoms with E-state index in [1.54, 1.807) is 31.2 Å². The van der Waals surface area contributed by atoms with Crippen LogP contribution in [0.15, 0.2) is 47.4 Å². The van der Waals surface area contributed by atoms with Crippen LogP contribution in [0.1, 0.15) is 12.5 Å². The molecule has 0 aliphatic carbocycles. The van der Waals surface area contributed by atoms with Gasteiger partial charge in [-0.1, -0.05) is 0 Å². The summed E-state index contributed by atoms with van der Waals surface area (Å²) < 4.78 is 50.7. The number of nitrogens with one attached hydrogen (secondary N) is 1. The predicted molar refractivity (Wildman–Crippen MR) is 89.4 cm³/mol. The standard InChI is InChI=1S/C17H20FNO4S/c1-3-22-15-5-7-16(8-6-15)23-11-10-19-24(20,21)17-9-4-14(18)12-13(17)2/h4-9,12,19H,3,10-11H2,1-2H3. The van der Waals surface area contributed by atoms with Gasteiger partial charge in [-0.3, -0.25) is 0 Å². The molecule has 0 atom stereocenters. The zero-order chi connectivity index (χ0) is 17.6. The third-order valence-electron chi connectivity index (χ3n) is 3.22. The van der Waals surface area contributed by atoms with E-state index in [1.165, 1.54) is 12.1 Å². The van der Waals surface area contributed by atoms with E-state index < -0.39 is 15.8 Å². The van der Waals surface area contributed by atoms with Crippen LogP contribution in [0.3, 0.4) is 0 Å². The number of halogens is 1. The van der Waals surface area contributed by atoms with Crippen LogP contribution >= 0.6 is 0 Å². The topological polar surface area (TPSA) is 64.6 Å². The average Bonchev–Trinajstić information content (AvgIpc) is 2.53. The molecular formula is C17H20FNO4S. The van der Waals surface area contributed by atoms with E-state index in [0.717, 1.165) is 11.8 Å². The number of sulfonamides is 1. The van der Waals surface area contributed by atoms with Gasteiger partial charge in [0.1, 0.15) is 23.9 Å². The minimum absolute atomic E-state index is 0.0602. The van der Waals surface area contributed by atoms with Gasteiger partial charge in [0, 0.05) is 6.54 Å². The van der Waals surface area contributed by atoms with Gasteiger partial charge < -0.3 is 9.47 Å². The second kappa shape index (κ2) is 8.12. The first kappa shape index (κ1) is 18.2. The Kier molecular flexibility index (Phi) is 6.16. The Morgan fingerprint density at radius 2 is 1.67 bits per heavy atom. The maximum absolute atomic E-state index is 13.1. The Balaban J connectivity index is 1.86. The predicted octanol–water partition coefficient (Wildman–Crippen LogP) is 2.89. The Morgan fingerprint density at radius 3 is 2.25 bits per heavy atom. The van der Waals surface area contributed by atoms with Crippen molar-refractivity contribution in [3.63, 3.8) is 0 Å². The molecule has 0 aliphatic rings. The third kappa shape index (κ3) is 4.94. The average molecular weight is 353 g/mol. The maximum atomic E-state index is 13.1. The molecule has 0 amide bonds. The van der Waals surface area contributed by atoms with E-state index >= 15 is 0 Å². The molecule has 0 radical (unpaired) electrons. The molecule has 24 heavy (non-hydrogen) atoms. The molecule has 0 spiro atoms. The lowest BCUT2D eigenvalue weighted by atomic mass is 10.2. The van der Waals surface area contributed by atoms with Gasteiger partial charge in [-0.15, -0.1) is 0 Å². The van der Waals surface area contributed by atoms with E-state index in [1.807, 2.05) is 6.92 Å². The first-order valence-corrected chi connectivity index (χ1v) is 9.02. The molecule has 2 rings (SSSR count). The van der Waals surface area contributed by atoms with Crippen molar-refractivity contribution in [1.82, 2.24) is 4.72 Å². The second-order valence-corrected chi connectivity index (χ2v) is 6.80. The highest BCUT2D eigenvalue weighted by Crippen LogP contribution is 2.18. The Morgan fingerprint density at radius 1 is 1.04 bits per heavy atom. The molecule has 0 heterocycles. The number of hydrogen-bond donors (Lipinski definition) is 1. The first-order valence-electron chi connectivity index (χ1n) is 7.54. The zero-order valence-electron chi connectivity index (χ0n) is 13.6. The zero-order valence-corrected chi connectivity index (χ0v) is 14.4. The molecule has 0 aliphatic heterocycles. The fourth-order valence-corrected chi connectivity index (χ4v) is 3.37. The highest BCUT2D eigenvalue weighted by Gasteiger charge is 2.16. The molecule has 5 nitrogen and oxygen atoms in total. The van der Waals surface area contributed by atoms with E-state index in [-0.39, 0.29) is 18.0 Å². The van der Waals surface area contributed by atoms with Gasteiger partial charge in [-0.25, -0.2) is 17.5 Å². The van der Waals surface area contributed by atoms with Gasteiger partial charge in [0.15, 0.2) is 0 Å². The lowest BCUT2D eigenvalue weighted by Gasteiger charge is -2.11. The van der Waals surface area contributed by atoms with E-state index in [9.17, 15) is 12.8 Å². The number of benzene rings is 2. The fourth-order valence-electron chi connectivity index (χ4n) is 2.14. The van der Waals surface area contributed by atoms with Crippen LogP contribution in [0.2, 0.25) is 0 Å². The van der Waals surface area contributed by atoms with Crippen molar-refractivity contribution in [2.45, 2.75) is 18.7 Å². The van der Waals surface area contributed by atoms with Crippen molar-refractivity contribution < 1.29 is 22.3 Å². The van der Waals surface area contributed by atoms with Gasteiger partial charge in [-0.2, -0.15) is 0 Å². The molecule has 130 valence electrons. The van der Waals surface area contributed by atoms with Gasteiger partial charge in [-0.05, 0) is 61.9 Å². The monoisotopic (exact) mass is 353 g/mol. The summed E-state index contributed by atoms with van der Waals surface area (Å²) in [6.07, 6.45) is 0. The van der Waals surface area contributed by atoms with Crippen LogP contribution in [-0.2, 0) is 10.0 Å². The quantitative estimate of drug-likeness (QED) is 0.741. The summed E-state index contributed by atoms with van der Waals surface area (Å²) in [5.41, 5.74) is 0.356. The number of ether oxygens (including phenoxy) is 2. The molecule has 0 unspecified atom stereocenters. The Bertz CT molecular complexity index is 776. The molecule has 0 bridgehead atoms. The molecule has 1 N–H and O–H groups in total. The summed E-state index contributed by atoms with van der Waals surface area (Å²) in [7, 11) is -3.69. The molecule has 0 fully saturated rings. The van der Waals surface area contributed by atoms with Crippen LogP contribution in [0.25, 0.3) is 0 Å². The smallest absolute Gasteiger partial charge is 0.240 e. The SMILES string of the molecule is CCOc1ccc(OCCNS(=O)(=O)c2ccc(F)cc2C)cc1. The molecule has 0 saturated heterocycles. The maximum Gasteiger partial charge on any atom is 0.240 e. The highest BCUT2D eigenvalue weighted by molar-refractivity contribution is 7.89.